The van der Waals surface area contributed by atoms with Crippen LogP contribution in [0.1, 0.15) is 37.8 Å². The Hall–Kier alpha value is -1.22. The van der Waals surface area contributed by atoms with E-state index in [4.69, 9.17) is 0 Å². The van der Waals surface area contributed by atoms with E-state index in [2.05, 4.69) is 19.2 Å². The molecule has 0 aromatic heterocycles. The lowest BCUT2D eigenvalue weighted by Crippen LogP contribution is -2.13. The predicted molar refractivity (Wildman–Crippen MR) is 75.2 cm³/mol. The fraction of sp³-hybridized carbons (Fsp3) is 0.600. The molecule has 0 radical (unpaired) electrons. The van der Waals surface area contributed by atoms with Gasteiger partial charge in [0.05, 0.1) is 0 Å². The minimum atomic E-state index is 0.0144. The first-order valence-electron chi connectivity index (χ1n) is 6.81. The van der Waals surface area contributed by atoms with Crippen LogP contribution in [0.2, 0.25) is 0 Å². The van der Waals surface area contributed by atoms with Crippen LogP contribution in [0, 0.1) is 5.92 Å². The van der Waals surface area contributed by atoms with Crippen LogP contribution in [0.25, 0.3) is 0 Å². The Morgan fingerprint density at radius 3 is 2.50 bits per heavy atom. The Labute approximate surface area is 110 Å². The molecule has 102 valence electrons. The van der Waals surface area contributed by atoms with Gasteiger partial charge in [0.25, 0.3) is 0 Å². The second-order valence-electron chi connectivity index (χ2n) is 4.80. The van der Waals surface area contributed by atoms with E-state index in [1.54, 1.807) is 6.07 Å². The lowest BCUT2D eigenvalue weighted by molar-refractivity contribution is 0.380. The smallest absolute Gasteiger partial charge is 0.160 e. The number of aryl methyl sites for hydroxylation is 1. The van der Waals surface area contributed by atoms with E-state index < -0.39 is 0 Å². The van der Waals surface area contributed by atoms with Crippen LogP contribution in [0.5, 0.6) is 11.5 Å². The van der Waals surface area contributed by atoms with Crippen LogP contribution in [-0.4, -0.2) is 23.8 Å². The number of benzene rings is 1. The van der Waals surface area contributed by atoms with Crippen molar-refractivity contribution >= 4 is 0 Å². The number of aromatic hydroxyl groups is 2. The van der Waals surface area contributed by atoms with Crippen molar-refractivity contribution in [2.24, 2.45) is 5.92 Å². The first-order valence-corrected chi connectivity index (χ1v) is 6.81. The molecule has 0 spiro atoms. The maximum atomic E-state index is 9.71. The predicted octanol–water partition coefficient (Wildman–Crippen LogP) is 2.84. The number of phenolic OH excluding ortho intramolecular Hbond substituents is 2. The molecular formula is C15H25NO2. The standard InChI is InChI=1S/C12H16O2.C3H9N/c1-2-8-3-4-9-5-6-11(13)12(14)10(9)7-8;1-3-4-2/h5-6,8,13-14H,2-4,7H2,1H3;4H,3H2,1-2H3. The Morgan fingerprint density at radius 2 is 1.94 bits per heavy atom. The average molecular weight is 251 g/mol. The van der Waals surface area contributed by atoms with Crippen molar-refractivity contribution in [2.75, 3.05) is 13.6 Å². The second kappa shape index (κ2) is 7.27. The summed E-state index contributed by atoms with van der Waals surface area (Å²) in [6, 6.07) is 3.51. The molecular weight excluding hydrogens is 226 g/mol. The van der Waals surface area contributed by atoms with Crippen molar-refractivity contribution in [1.29, 1.82) is 0 Å². The van der Waals surface area contributed by atoms with E-state index in [0.717, 1.165) is 31.4 Å². The van der Waals surface area contributed by atoms with Gasteiger partial charge in [0.15, 0.2) is 11.5 Å². The summed E-state index contributed by atoms with van der Waals surface area (Å²) in [5.41, 5.74) is 2.16. The second-order valence-corrected chi connectivity index (χ2v) is 4.80. The third kappa shape index (κ3) is 3.64. The molecule has 1 aliphatic rings. The van der Waals surface area contributed by atoms with Crippen molar-refractivity contribution in [2.45, 2.75) is 39.5 Å². The van der Waals surface area contributed by atoms with Gasteiger partial charge in [-0.05, 0) is 50.4 Å². The maximum Gasteiger partial charge on any atom is 0.160 e. The summed E-state index contributed by atoms with van der Waals surface area (Å²) < 4.78 is 0. The van der Waals surface area contributed by atoms with Gasteiger partial charge in [0.2, 0.25) is 0 Å². The minimum Gasteiger partial charge on any atom is -0.504 e. The van der Waals surface area contributed by atoms with E-state index in [0.29, 0.717) is 5.92 Å². The zero-order valence-corrected chi connectivity index (χ0v) is 11.7. The summed E-state index contributed by atoms with van der Waals surface area (Å²) >= 11 is 0. The topological polar surface area (TPSA) is 52.5 Å². The highest BCUT2D eigenvalue weighted by Crippen LogP contribution is 2.37. The fourth-order valence-corrected chi connectivity index (χ4v) is 2.23. The Morgan fingerprint density at radius 1 is 1.28 bits per heavy atom. The normalized spacial score (nSPS) is 17.6. The molecule has 0 amide bonds. The molecule has 2 rings (SSSR count). The van der Waals surface area contributed by atoms with Crippen molar-refractivity contribution in [3.05, 3.63) is 23.3 Å². The molecule has 0 aliphatic heterocycles. The first-order chi connectivity index (χ1) is 8.63. The van der Waals surface area contributed by atoms with Crippen LogP contribution in [0.3, 0.4) is 0 Å². The molecule has 1 unspecified atom stereocenters. The molecule has 1 aromatic carbocycles. The molecule has 18 heavy (non-hydrogen) atoms. The van der Waals surface area contributed by atoms with Gasteiger partial charge in [-0.25, -0.2) is 0 Å². The molecule has 3 heteroatoms. The number of hydrogen-bond acceptors (Lipinski definition) is 3. The van der Waals surface area contributed by atoms with Gasteiger partial charge in [-0.2, -0.15) is 0 Å². The van der Waals surface area contributed by atoms with Crippen LogP contribution < -0.4 is 5.32 Å². The number of fused-ring (bicyclic) bond motifs is 1. The average Bonchev–Trinajstić information content (AvgIpc) is 2.43. The van der Waals surface area contributed by atoms with E-state index in [-0.39, 0.29) is 11.5 Å². The molecule has 0 bridgehead atoms. The Balaban J connectivity index is 0.000000357. The number of phenols is 2. The Bertz CT molecular complexity index is 375. The van der Waals surface area contributed by atoms with Gasteiger partial charge in [0.1, 0.15) is 0 Å². The van der Waals surface area contributed by atoms with Crippen LogP contribution in [-0.2, 0) is 12.8 Å². The van der Waals surface area contributed by atoms with Gasteiger partial charge in [-0.1, -0.05) is 26.3 Å². The largest absolute Gasteiger partial charge is 0.504 e. The van der Waals surface area contributed by atoms with Crippen molar-refractivity contribution < 1.29 is 10.2 Å². The third-order valence-corrected chi connectivity index (χ3v) is 3.60. The quantitative estimate of drug-likeness (QED) is 0.708. The lowest BCUT2D eigenvalue weighted by atomic mass is 9.82. The zero-order chi connectivity index (χ0) is 13.5. The lowest BCUT2D eigenvalue weighted by Gasteiger charge is -2.24. The van der Waals surface area contributed by atoms with Gasteiger partial charge in [-0.15, -0.1) is 0 Å². The minimum absolute atomic E-state index is 0.0144. The molecule has 0 saturated heterocycles. The first kappa shape index (κ1) is 14.8. The highest BCUT2D eigenvalue weighted by molar-refractivity contribution is 5.50. The number of rotatable bonds is 2. The van der Waals surface area contributed by atoms with Crippen molar-refractivity contribution in [3.63, 3.8) is 0 Å². The van der Waals surface area contributed by atoms with E-state index in [9.17, 15) is 10.2 Å². The van der Waals surface area contributed by atoms with Crippen LogP contribution in [0.4, 0.5) is 0 Å². The molecule has 1 aromatic rings. The van der Waals surface area contributed by atoms with Crippen molar-refractivity contribution in [3.8, 4) is 11.5 Å². The monoisotopic (exact) mass is 251 g/mol. The summed E-state index contributed by atoms with van der Waals surface area (Å²) in [5, 5.41) is 22.0. The van der Waals surface area contributed by atoms with E-state index in [1.807, 2.05) is 13.1 Å². The molecule has 0 saturated carbocycles. The molecule has 0 heterocycles. The molecule has 3 nitrogen and oxygen atoms in total. The summed E-state index contributed by atoms with van der Waals surface area (Å²) in [6.07, 6.45) is 4.29. The highest BCUT2D eigenvalue weighted by Gasteiger charge is 2.21. The molecule has 3 N–H and O–H groups in total. The van der Waals surface area contributed by atoms with Gasteiger partial charge >= 0.3 is 0 Å². The molecule has 1 aliphatic carbocycles. The molecule has 0 fully saturated rings. The van der Waals surface area contributed by atoms with Gasteiger partial charge < -0.3 is 15.5 Å². The number of hydrogen-bond donors (Lipinski definition) is 3. The van der Waals surface area contributed by atoms with Crippen LogP contribution in [0.15, 0.2) is 12.1 Å². The third-order valence-electron chi connectivity index (χ3n) is 3.60. The molecule has 1 atom stereocenters. The SMILES string of the molecule is CCC1CCc2ccc(O)c(O)c2C1.CCNC. The van der Waals surface area contributed by atoms with Crippen LogP contribution >= 0.6 is 0 Å². The maximum absolute atomic E-state index is 9.71. The Kier molecular flexibility index (Phi) is 5.99. The summed E-state index contributed by atoms with van der Waals surface area (Å²) in [7, 11) is 1.93. The van der Waals surface area contributed by atoms with E-state index >= 15 is 0 Å². The summed E-state index contributed by atoms with van der Waals surface area (Å²) in [6.45, 7) is 5.31. The summed E-state index contributed by atoms with van der Waals surface area (Å²) in [5.74, 6) is 0.774. The fourth-order valence-electron chi connectivity index (χ4n) is 2.23. The van der Waals surface area contributed by atoms with Gasteiger partial charge in [0, 0.05) is 5.56 Å². The van der Waals surface area contributed by atoms with Gasteiger partial charge in [-0.3, -0.25) is 0 Å². The number of nitrogens with one attached hydrogen (secondary N) is 1. The summed E-state index contributed by atoms with van der Waals surface area (Å²) in [4.78, 5) is 0. The van der Waals surface area contributed by atoms with Crippen molar-refractivity contribution in [1.82, 2.24) is 5.32 Å². The zero-order valence-electron chi connectivity index (χ0n) is 11.7. The van der Waals surface area contributed by atoms with E-state index in [1.165, 1.54) is 12.0 Å². The highest BCUT2D eigenvalue weighted by atomic mass is 16.3.